The Morgan fingerprint density at radius 2 is 2.20 bits per heavy atom. The Hall–Kier alpha value is -2.94. The fraction of sp³-hybridized carbons (Fsp3) is 0.250. The smallest absolute Gasteiger partial charge is 0.242 e. The van der Waals surface area contributed by atoms with Crippen LogP contribution in [0, 0.1) is 6.92 Å². The van der Waals surface area contributed by atoms with Crippen LogP contribution in [0.1, 0.15) is 17.9 Å². The van der Waals surface area contributed by atoms with Gasteiger partial charge in [-0.2, -0.15) is 5.10 Å². The van der Waals surface area contributed by atoms with Gasteiger partial charge in [-0.05, 0) is 25.1 Å². The fourth-order valence-electron chi connectivity index (χ4n) is 2.94. The van der Waals surface area contributed by atoms with Crippen molar-refractivity contribution in [1.82, 2.24) is 10.2 Å². The number of aromatic amines is 1. The van der Waals surface area contributed by atoms with Crippen molar-refractivity contribution in [3.05, 3.63) is 42.0 Å². The lowest BCUT2D eigenvalue weighted by atomic mass is 10.0. The summed E-state index contributed by atoms with van der Waals surface area (Å²) in [6.45, 7) is 1.93. The Bertz CT molecular complexity index is 963. The maximum Gasteiger partial charge on any atom is 0.242 e. The molecule has 1 unspecified atom stereocenters. The molecule has 0 radical (unpaired) electrons. The number of aromatic nitrogens is 2. The standard InChI is InChI=1S/C16H16F2N6O/c1-8-10-3-2-9(6-12(10)24-23-8)20-15-21-11-4-5-25-14(11)16(19,22-15)7-13(17)18/h2-6,13H,7,19H2,1H3,(H,23,24)(H2,20,21,22). The minimum absolute atomic E-state index is 0.191. The van der Waals surface area contributed by atoms with Gasteiger partial charge >= 0.3 is 0 Å². The lowest BCUT2D eigenvalue weighted by Crippen LogP contribution is -2.43. The molecule has 7 nitrogen and oxygen atoms in total. The molecule has 3 aromatic rings. The van der Waals surface area contributed by atoms with Gasteiger partial charge in [-0.3, -0.25) is 5.10 Å². The van der Waals surface area contributed by atoms with Gasteiger partial charge in [0, 0.05) is 22.8 Å². The summed E-state index contributed by atoms with van der Waals surface area (Å²) in [6.07, 6.45) is -1.87. The fourth-order valence-corrected chi connectivity index (χ4v) is 2.94. The van der Waals surface area contributed by atoms with E-state index >= 15 is 0 Å². The number of halogens is 2. The lowest BCUT2D eigenvalue weighted by Gasteiger charge is -2.29. The van der Waals surface area contributed by atoms with Crippen molar-refractivity contribution in [2.24, 2.45) is 10.7 Å². The highest BCUT2D eigenvalue weighted by Gasteiger charge is 2.39. The molecule has 3 heterocycles. The van der Waals surface area contributed by atoms with Gasteiger partial charge in [-0.1, -0.05) is 0 Å². The Kier molecular flexibility index (Phi) is 3.46. The quantitative estimate of drug-likeness (QED) is 0.583. The first-order valence-corrected chi connectivity index (χ1v) is 7.68. The van der Waals surface area contributed by atoms with Crippen LogP contribution in [0.25, 0.3) is 10.9 Å². The summed E-state index contributed by atoms with van der Waals surface area (Å²) in [7, 11) is 0. The summed E-state index contributed by atoms with van der Waals surface area (Å²) >= 11 is 0. The molecule has 4 rings (SSSR count). The average molecular weight is 346 g/mol. The van der Waals surface area contributed by atoms with Gasteiger partial charge in [0.15, 0.2) is 11.4 Å². The third-order valence-electron chi connectivity index (χ3n) is 4.10. The number of furan rings is 1. The number of benzene rings is 1. The Morgan fingerprint density at radius 1 is 1.36 bits per heavy atom. The van der Waals surface area contributed by atoms with Crippen LogP contribution < -0.4 is 16.4 Å². The van der Waals surface area contributed by atoms with Crippen LogP contribution in [0.3, 0.4) is 0 Å². The molecule has 1 aliphatic heterocycles. The van der Waals surface area contributed by atoms with Crippen LogP contribution in [0.5, 0.6) is 0 Å². The Balaban J connectivity index is 1.66. The van der Waals surface area contributed by atoms with E-state index in [4.69, 9.17) is 10.2 Å². The van der Waals surface area contributed by atoms with Crippen molar-refractivity contribution >= 4 is 28.2 Å². The molecule has 0 saturated heterocycles. The van der Waals surface area contributed by atoms with Gasteiger partial charge in [0.05, 0.1) is 23.9 Å². The largest absolute Gasteiger partial charge is 0.463 e. The number of aliphatic imine (C=N–C) groups is 1. The molecule has 2 aromatic heterocycles. The van der Waals surface area contributed by atoms with Gasteiger partial charge in [0.2, 0.25) is 12.4 Å². The SMILES string of the molecule is Cc1[nH]nc2cc(NC3=NC(N)(CC(F)F)c4occc4N3)ccc12. The second kappa shape index (κ2) is 5.55. The van der Waals surface area contributed by atoms with E-state index in [-0.39, 0.29) is 11.7 Å². The van der Waals surface area contributed by atoms with Crippen molar-refractivity contribution in [2.75, 3.05) is 10.6 Å². The van der Waals surface area contributed by atoms with Crippen molar-refractivity contribution in [3.63, 3.8) is 0 Å². The molecule has 0 saturated carbocycles. The molecule has 0 aliphatic carbocycles. The summed E-state index contributed by atoms with van der Waals surface area (Å²) in [5.74, 6) is 0.459. The maximum absolute atomic E-state index is 13.0. The molecule has 25 heavy (non-hydrogen) atoms. The number of hydrogen-bond donors (Lipinski definition) is 4. The summed E-state index contributed by atoms with van der Waals surface area (Å²) in [4.78, 5) is 4.22. The molecule has 1 aromatic carbocycles. The van der Waals surface area contributed by atoms with Gasteiger partial charge < -0.3 is 20.8 Å². The number of nitrogens with two attached hydrogens (primary N) is 1. The number of rotatable bonds is 3. The number of anilines is 2. The second-order valence-corrected chi connectivity index (χ2v) is 5.97. The highest BCUT2D eigenvalue weighted by molar-refractivity contribution is 6.06. The molecule has 0 amide bonds. The second-order valence-electron chi connectivity index (χ2n) is 5.97. The number of guanidine groups is 1. The number of nitrogens with one attached hydrogen (secondary N) is 3. The third kappa shape index (κ3) is 2.72. The van der Waals surface area contributed by atoms with Crippen molar-refractivity contribution in [2.45, 2.75) is 25.4 Å². The molecule has 130 valence electrons. The average Bonchev–Trinajstić information content (AvgIpc) is 3.14. The highest BCUT2D eigenvalue weighted by Crippen LogP contribution is 2.36. The topological polar surface area (TPSA) is 104 Å². The van der Waals surface area contributed by atoms with E-state index in [1.165, 1.54) is 6.26 Å². The zero-order valence-electron chi connectivity index (χ0n) is 13.3. The van der Waals surface area contributed by atoms with E-state index in [0.717, 1.165) is 16.6 Å². The van der Waals surface area contributed by atoms with Crippen molar-refractivity contribution in [1.29, 1.82) is 0 Å². The van der Waals surface area contributed by atoms with E-state index in [1.807, 2.05) is 25.1 Å². The molecule has 1 aliphatic rings. The number of H-pyrrole nitrogens is 1. The van der Waals surface area contributed by atoms with Crippen LogP contribution in [0.15, 0.2) is 39.9 Å². The first-order chi connectivity index (χ1) is 11.9. The third-order valence-corrected chi connectivity index (χ3v) is 4.10. The minimum atomic E-state index is -2.62. The first kappa shape index (κ1) is 15.6. The van der Waals surface area contributed by atoms with Gasteiger partial charge in [0.1, 0.15) is 0 Å². The van der Waals surface area contributed by atoms with Gasteiger partial charge in [-0.25, -0.2) is 13.8 Å². The zero-order valence-corrected chi connectivity index (χ0v) is 13.3. The lowest BCUT2D eigenvalue weighted by molar-refractivity contribution is 0.0986. The Morgan fingerprint density at radius 3 is 3.00 bits per heavy atom. The number of aryl methyl sites for hydroxylation is 1. The number of alkyl halides is 2. The van der Waals surface area contributed by atoms with E-state index in [1.54, 1.807) is 6.07 Å². The number of fused-ring (bicyclic) bond motifs is 2. The maximum atomic E-state index is 13.0. The first-order valence-electron chi connectivity index (χ1n) is 7.68. The van der Waals surface area contributed by atoms with Crippen LogP contribution >= 0.6 is 0 Å². The van der Waals surface area contributed by atoms with Crippen molar-refractivity contribution < 1.29 is 13.2 Å². The van der Waals surface area contributed by atoms with Crippen LogP contribution in [0.2, 0.25) is 0 Å². The molecular weight excluding hydrogens is 330 g/mol. The Labute approximate surface area is 141 Å². The number of nitrogens with zero attached hydrogens (tertiary/aromatic N) is 2. The summed E-state index contributed by atoms with van der Waals surface area (Å²) in [5, 5.41) is 14.2. The molecule has 0 fully saturated rings. The van der Waals surface area contributed by atoms with Crippen molar-refractivity contribution in [3.8, 4) is 0 Å². The molecule has 0 bridgehead atoms. The monoisotopic (exact) mass is 346 g/mol. The minimum Gasteiger partial charge on any atom is -0.463 e. The molecule has 0 spiro atoms. The van der Waals surface area contributed by atoms with E-state index < -0.39 is 18.5 Å². The van der Waals surface area contributed by atoms with Gasteiger partial charge in [0.25, 0.3) is 0 Å². The highest BCUT2D eigenvalue weighted by atomic mass is 19.3. The molecular formula is C16H16F2N6O. The molecule has 9 heteroatoms. The van der Waals surface area contributed by atoms with Crippen LogP contribution in [-0.2, 0) is 5.66 Å². The predicted octanol–water partition coefficient (Wildman–Crippen LogP) is 3.12. The normalized spacial score (nSPS) is 19.6. The predicted molar refractivity (Wildman–Crippen MR) is 90.7 cm³/mol. The van der Waals surface area contributed by atoms with E-state index in [9.17, 15) is 8.78 Å². The molecule has 5 N–H and O–H groups in total. The summed E-state index contributed by atoms with van der Waals surface area (Å²) in [5.41, 5.74) is 7.44. The van der Waals surface area contributed by atoms with E-state index in [0.29, 0.717) is 11.4 Å². The van der Waals surface area contributed by atoms with Crippen LogP contribution in [-0.4, -0.2) is 22.6 Å². The summed E-state index contributed by atoms with van der Waals surface area (Å²) in [6, 6.07) is 7.22. The number of hydrogen-bond acceptors (Lipinski definition) is 6. The van der Waals surface area contributed by atoms with Crippen LogP contribution in [0.4, 0.5) is 20.2 Å². The van der Waals surface area contributed by atoms with E-state index in [2.05, 4.69) is 25.8 Å². The van der Waals surface area contributed by atoms with Gasteiger partial charge in [-0.15, -0.1) is 0 Å². The summed E-state index contributed by atoms with van der Waals surface area (Å²) < 4.78 is 31.2. The molecule has 1 atom stereocenters. The zero-order chi connectivity index (χ0) is 17.6.